The molecule has 1 fully saturated rings. The van der Waals surface area contributed by atoms with Crippen LogP contribution in [-0.2, 0) is 11.2 Å². The largest absolute Gasteiger partial charge is 0.356 e. The number of amides is 1. The number of rotatable bonds is 5. The second-order valence-corrected chi connectivity index (χ2v) is 8.22. The van der Waals surface area contributed by atoms with E-state index in [1.54, 1.807) is 12.1 Å². The number of anilines is 2. The van der Waals surface area contributed by atoms with E-state index in [1.807, 2.05) is 24.3 Å². The molecule has 0 atom stereocenters. The van der Waals surface area contributed by atoms with Gasteiger partial charge in [0.05, 0.1) is 0 Å². The first-order valence-corrected chi connectivity index (χ1v) is 11.1. The smallest absolute Gasteiger partial charge is 0.263 e. The number of nitrogens with zero attached hydrogens (tertiary/aromatic N) is 4. The van der Waals surface area contributed by atoms with Crippen molar-refractivity contribution in [3.05, 3.63) is 66.2 Å². The zero-order chi connectivity index (χ0) is 22.8. The Balaban J connectivity index is 1.31. The van der Waals surface area contributed by atoms with Gasteiger partial charge in [-0.15, -0.1) is 0 Å². The van der Waals surface area contributed by atoms with Crippen molar-refractivity contribution in [2.45, 2.75) is 26.2 Å². The second-order valence-electron chi connectivity index (χ2n) is 8.22. The summed E-state index contributed by atoms with van der Waals surface area (Å²) in [6, 6.07) is 14.1. The molecule has 4 aromatic rings. The molecule has 0 aliphatic carbocycles. The molecular formula is C25H24FN5O2. The van der Waals surface area contributed by atoms with Gasteiger partial charge in [0.1, 0.15) is 29.0 Å². The zero-order valence-corrected chi connectivity index (χ0v) is 18.3. The summed E-state index contributed by atoms with van der Waals surface area (Å²) in [5.74, 6) is 0.381. The van der Waals surface area contributed by atoms with E-state index in [1.165, 1.54) is 24.0 Å². The van der Waals surface area contributed by atoms with Crippen molar-refractivity contribution >= 4 is 28.5 Å². The van der Waals surface area contributed by atoms with E-state index >= 15 is 0 Å². The molecule has 1 N–H and O–H groups in total. The van der Waals surface area contributed by atoms with Crippen molar-refractivity contribution < 1.29 is 13.7 Å². The number of benzene rings is 2. The van der Waals surface area contributed by atoms with Gasteiger partial charge in [-0.1, -0.05) is 24.2 Å². The average Bonchev–Trinajstić information content (AvgIpc) is 3.29. The molecule has 0 radical (unpaired) electrons. The van der Waals surface area contributed by atoms with Gasteiger partial charge in [0.15, 0.2) is 0 Å². The van der Waals surface area contributed by atoms with Crippen LogP contribution in [0.15, 0.2) is 59.4 Å². The first kappa shape index (κ1) is 21.1. The van der Waals surface area contributed by atoms with Gasteiger partial charge >= 0.3 is 0 Å². The molecule has 0 saturated carbocycles. The van der Waals surface area contributed by atoms with Gasteiger partial charge in [-0.25, -0.2) is 9.37 Å². The number of piperidine rings is 1. The molecule has 5 rings (SSSR count). The molecule has 7 nitrogen and oxygen atoms in total. The van der Waals surface area contributed by atoms with E-state index in [4.69, 9.17) is 4.52 Å². The van der Waals surface area contributed by atoms with Crippen molar-refractivity contribution in [2.24, 2.45) is 5.92 Å². The minimum Gasteiger partial charge on any atom is -0.356 e. The second kappa shape index (κ2) is 8.97. The summed E-state index contributed by atoms with van der Waals surface area (Å²) in [4.78, 5) is 23.6. The molecule has 0 unspecified atom stereocenters. The number of aromatic nitrogens is 3. The first-order chi connectivity index (χ1) is 16.1. The van der Waals surface area contributed by atoms with E-state index in [0.717, 1.165) is 23.5 Å². The molecular weight excluding hydrogens is 421 g/mol. The maximum atomic E-state index is 13.4. The van der Waals surface area contributed by atoms with Crippen LogP contribution in [0.2, 0.25) is 0 Å². The maximum absolute atomic E-state index is 13.4. The zero-order valence-electron chi connectivity index (χ0n) is 18.3. The highest BCUT2D eigenvalue weighted by Crippen LogP contribution is 2.34. The van der Waals surface area contributed by atoms with Gasteiger partial charge in [-0.05, 0) is 61.2 Å². The Hall–Kier alpha value is -3.81. The van der Waals surface area contributed by atoms with Crippen molar-refractivity contribution in [3.63, 3.8) is 0 Å². The van der Waals surface area contributed by atoms with Crippen LogP contribution < -0.4 is 10.2 Å². The van der Waals surface area contributed by atoms with Gasteiger partial charge in [0.25, 0.3) is 5.71 Å². The number of fused-ring (bicyclic) bond motifs is 1. The van der Waals surface area contributed by atoms with Crippen molar-refractivity contribution in [1.29, 1.82) is 0 Å². The number of hydrogen-bond acceptors (Lipinski definition) is 6. The van der Waals surface area contributed by atoms with Gasteiger partial charge in [-0.3, -0.25) is 4.79 Å². The third-order valence-corrected chi connectivity index (χ3v) is 6.17. The highest BCUT2D eigenvalue weighted by Gasteiger charge is 2.28. The molecule has 0 spiro atoms. The van der Waals surface area contributed by atoms with Crippen LogP contribution in [0.3, 0.4) is 0 Å². The molecule has 2 aromatic heterocycles. The molecule has 1 aliphatic heterocycles. The Morgan fingerprint density at radius 1 is 1.09 bits per heavy atom. The minimum absolute atomic E-state index is 0.0451. The summed E-state index contributed by atoms with van der Waals surface area (Å²) in [5.41, 5.74) is 3.76. The lowest BCUT2D eigenvalue weighted by atomic mass is 9.95. The maximum Gasteiger partial charge on any atom is 0.263 e. The Morgan fingerprint density at radius 2 is 1.82 bits per heavy atom. The molecule has 1 aliphatic rings. The molecule has 8 heteroatoms. The number of nitrogens with one attached hydrogen (secondary N) is 1. The molecule has 2 aromatic carbocycles. The van der Waals surface area contributed by atoms with Crippen LogP contribution >= 0.6 is 0 Å². The van der Waals surface area contributed by atoms with Crippen molar-refractivity contribution in [3.8, 4) is 11.3 Å². The van der Waals surface area contributed by atoms with Gasteiger partial charge in [0, 0.05) is 30.3 Å². The standard InChI is InChI=1S/C25H24FN5O2/c1-2-16-3-9-20(10-4-16)29-24(32)18-11-13-31(14-12-18)23-21-22(17-5-7-19(26)8-6-17)30-33-25(21)28-15-27-23/h3-10,15,18H,2,11-14H2,1H3,(H,29,32). The predicted octanol–water partition coefficient (Wildman–Crippen LogP) is 4.84. The Bertz CT molecular complexity index is 1260. The highest BCUT2D eigenvalue weighted by molar-refractivity contribution is 5.98. The molecule has 168 valence electrons. The SMILES string of the molecule is CCc1ccc(NC(=O)C2CCN(c3ncnc4onc(-c5ccc(F)cc5)c34)CC2)cc1. The fourth-order valence-electron chi connectivity index (χ4n) is 4.24. The number of hydrogen-bond donors (Lipinski definition) is 1. The van der Waals surface area contributed by atoms with E-state index in [0.29, 0.717) is 42.7 Å². The van der Waals surface area contributed by atoms with Crippen LogP contribution in [0, 0.1) is 11.7 Å². The fourth-order valence-corrected chi connectivity index (χ4v) is 4.24. The normalized spacial score (nSPS) is 14.5. The lowest BCUT2D eigenvalue weighted by Crippen LogP contribution is -2.38. The summed E-state index contributed by atoms with van der Waals surface area (Å²) in [6.45, 7) is 3.45. The first-order valence-electron chi connectivity index (χ1n) is 11.1. The van der Waals surface area contributed by atoms with Crippen LogP contribution in [0.4, 0.5) is 15.9 Å². The predicted molar refractivity (Wildman–Crippen MR) is 124 cm³/mol. The lowest BCUT2D eigenvalue weighted by molar-refractivity contribution is -0.120. The Morgan fingerprint density at radius 3 is 2.52 bits per heavy atom. The summed E-state index contributed by atoms with van der Waals surface area (Å²) >= 11 is 0. The molecule has 33 heavy (non-hydrogen) atoms. The molecule has 1 saturated heterocycles. The summed E-state index contributed by atoms with van der Waals surface area (Å²) in [5, 5.41) is 7.90. The van der Waals surface area contributed by atoms with Crippen LogP contribution in [0.5, 0.6) is 0 Å². The third kappa shape index (κ3) is 4.28. The van der Waals surface area contributed by atoms with Crippen LogP contribution in [0.1, 0.15) is 25.3 Å². The van der Waals surface area contributed by atoms with E-state index in [-0.39, 0.29) is 17.6 Å². The van der Waals surface area contributed by atoms with Gasteiger partial charge < -0.3 is 14.7 Å². The molecule has 1 amide bonds. The summed E-state index contributed by atoms with van der Waals surface area (Å²) in [7, 11) is 0. The average molecular weight is 445 g/mol. The van der Waals surface area contributed by atoms with Gasteiger partial charge in [0.2, 0.25) is 5.91 Å². The lowest BCUT2D eigenvalue weighted by Gasteiger charge is -2.32. The molecule has 0 bridgehead atoms. The van der Waals surface area contributed by atoms with Crippen molar-refractivity contribution in [1.82, 2.24) is 15.1 Å². The number of carbonyl (C=O) groups is 1. The monoisotopic (exact) mass is 445 g/mol. The summed E-state index contributed by atoms with van der Waals surface area (Å²) < 4.78 is 18.8. The number of aryl methyl sites for hydroxylation is 1. The van der Waals surface area contributed by atoms with Crippen LogP contribution in [-0.4, -0.2) is 34.1 Å². The fraction of sp³-hybridized carbons (Fsp3) is 0.280. The van der Waals surface area contributed by atoms with Crippen molar-refractivity contribution in [2.75, 3.05) is 23.3 Å². The topological polar surface area (TPSA) is 84.2 Å². The minimum atomic E-state index is -0.315. The molecule has 3 heterocycles. The van der Waals surface area contributed by atoms with E-state index in [2.05, 4.69) is 32.3 Å². The van der Waals surface area contributed by atoms with E-state index < -0.39 is 0 Å². The quantitative estimate of drug-likeness (QED) is 0.473. The Labute approximate surface area is 190 Å². The number of carbonyl (C=O) groups excluding carboxylic acids is 1. The van der Waals surface area contributed by atoms with Crippen LogP contribution in [0.25, 0.3) is 22.4 Å². The van der Waals surface area contributed by atoms with E-state index in [9.17, 15) is 9.18 Å². The Kier molecular flexibility index (Phi) is 5.73. The number of halogens is 1. The van der Waals surface area contributed by atoms with Gasteiger partial charge in [-0.2, -0.15) is 4.98 Å². The highest BCUT2D eigenvalue weighted by atomic mass is 19.1. The third-order valence-electron chi connectivity index (χ3n) is 6.17. The summed E-state index contributed by atoms with van der Waals surface area (Å²) in [6.07, 6.45) is 3.84.